The SMILES string of the molecule is CN(c1cc(-c2ccccc2)nc(-c2ccccc2)c1)c1cc2c(cc1-c1ccccc1)c1ccccc1n2-c1ccccc1.c1ccc(-n2c3ccccc3c3ccc4c5ccccc5n(-c5ccc6ccccc6n5)c4c32)cc1. The van der Waals surface area contributed by atoms with Gasteiger partial charge in [-0.25, -0.2) is 9.97 Å². The third-order valence-electron chi connectivity index (χ3n) is 15.9. The first-order chi connectivity index (χ1) is 40.1. The molecule has 16 aromatic rings. The van der Waals surface area contributed by atoms with Crippen molar-refractivity contribution in [2.45, 2.75) is 0 Å². The van der Waals surface area contributed by atoms with Gasteiger partial charge in [0.1, 0.15) is 5.82 Å². The van der Waals surface area contributed by atoms with Gasteiger partial charge in [0.15, 0.2) is 0 Å². The quantitative estimate of drug-likeness (QED) is 0.152. The lowest BCUT2D eigenvalue weighted by Gasteiger charge is -2.25. The molecular formula is C75H52N6. The van der Waals surface area contributed by atoms with Crippen molar-refractivity contribution in [3.63, 3.8) is 0 Å². The lowest BCUT2D eigenvalue weighted by Crippen LogP contribution is -2.12. The minimum Gasteiger partial charge on any atom is -0.344 e. The zero-order valence-electron chi connectivity index (χ0n) is 44.5. The molecular weight excluding hydrogens is 985 g/mol. The van der Waals surface area contributed by atoms with Crippen molar-refractivity contribution in [2.75, 3.05) is 11.9 Å². The second kappa shape index (κ2) is 19.9. The molecule has 0 radical (unpaired) electrons. The summed E-state index contributed by atoms with van der Waals surface area (Å²) >= 11 is 0. The van der Waals surface area contributed by atoms with E-state index in [1.807, 2.05) is 12.1 Å². The summed E-state index contributed by atoms with van der Waals surface area (Å²) in [7, 11) is 2.17. The van der Waals surface area contributed by atoms with E-state index >= 15 is 0 Å². The van der Waals surface area contributed by atoms with Crippen LogP contribution >= 0.6 is 0 Å². The van der Waals surface area contributed by atoms with Crippen LogP contribution in [0, 0.1) is 0 Å². The van der Waals surface area contributed by atoms with Crippen molar-refractivity contribution in [3.8, 4) is 50.8 Å². The molecule has 0 amide bonds. The summed E-state index contributed by atoms with van der Waals surface area (Å²) in [5, 5.41) is 8.57. The Kier molecular flexibility index (Phi) is 11.6. The van der Waals surface area contributed by atoms with Gasteiger partial charge in [-0.05, 0) is 90.5 Å². The Bertz CT molecular complexity index is 4930. The van der Waals surface area contributed by atoms with Gasteiger partial charge in [-0.1, -0.05) is 212 Å². The maximum atomic E-state index is 5.13. The molecule has 11 aromatic carbocycles. The topological polar surface area (TPSA) is 43.8 Å². The molecule has 0 fully saturated rings. The van der Waals surface area contributed by atoms with E-state index in [2.05, 4.69) is 311 Å². The lowest BCUT2D eigenvalue weighted by molar-refractivity contribution is 1.09. The highest BCUT2D eigenvalue weighted by Crippen LogP contribution is 2.44. The molecule has 81 heavy (non-hydrogen) atoms. The second-order valence-electron chi connectivity index (χ2n) is 20.6. The van der Waals surface area contributed by atoms with Crippen LogP contribution in [0.5, 0.6) is 0 Å². The van der Waals surface area contributed by atoms with Crippen LogP contribution in [0.4, 0.5) is 11.4 Å². The van der Waals surface area contributed by atoms with Gasteiger partial charge in [0, 0.05) is 78.5 Å². The Labute approximate surface area is 468 Å². The molecule has 0 unspecified atom stereocenters. The number of anilines is 2. The van der Waals surface area contributed by atoms with Crippen LogP contribution in [0.15, 0.2) is 297 Å². The summed E-state index contributed by atoms with van der Waals surface area (Å²) in [6.07, 6.45) is 0. The van der Waals surface area contributed by atoms with E-state index in [1.54, 1.807) is 0 Å². The molecule has 0 aliphatic rings. The Balaban J connectivity index is 0.000000142. The molecule has 16 rings (SSSR count). The van der Waals surface area contributed by atoms with Gasteiger partial charge in [0.25, 0.3) is 0 Å². The Morgan fingerprint density at radius 1 is 0.309 bits per heavy atom. The number of rotatable bonds is 8. The monoisotopic (exact) mass is 1040 g/mol. The first-order valence-electron chi connectivity index (χ1n) is 27.5. The van der Waals surface area contributed by atoms with Crippen molar-refractivity contribution in [1.29, 1.82) is 0 Å². The highest BCUT2D eigenvalue weighted by molar-refractivity contribution is 6.24. The first kappa shape index (κ1) is 47.4. The molecule has 0 bridgehead atoms. The number of para-hydroxylation sites is 6. The van der Waals surface area contributed by atoms with Crippen molar-refractivity contribution >= 4 is 87.7 Å². The molecule has 0 aliphatic carbocycles. The Hall–Kier alpha value is -10.8. The molecule has 6 heteroatoms. The van der Waals surface area contributed by atoms with Crippen LogP contribution in [0.1, 0.15) is 0 Å². The first-order valence-corrected chi connectivity index (χ1v) is 27.5. The molecule has 0 N–H and O–H groups in total. The van der Waals surface area contributed by atoms with Gasteiger partial charge in [-0.3, -0.25) is 4.57 Å². The molecule has 5 heterocycles. The van der Waals surface area contributed by atoms with E-state index in [4.69, 9.17) is 9.97 Å². The van der Waals surface area contributed by atoms with E-state index in [0.29, 0.717) is 0 Å². The summed E-state index contributed by atoms with van der Waals surface area (Å²) in [5.74, 6) is 0.928. The summed E-state index contributed by atoms with van der Waals surface area (Å²) in [6, 6.07) is 105. The van der Waals surface area contributed by atoms with Gasteiger partial charge < -0.3 is 14.0 Å². The predicted molar refractivity (Wildman–Crippen MR) is 340 cm³/mol. The van der Waals surface area contributed by atoms with Crippen LogP contribution in [-0.2, 0) is 0 Å². The average Bonchev–Trinajstić information content (AvgIpc) is 4.28. The van der Waals surface area contributed by atoms with E-state index < -0.39 is 0 Å². The number of benzene rings is 11. The van der Waals surface area contributed by atoms with Crippen LogP contribution in [0.2, 0.25) is 0 Å². The molecule has 0 saturated carbocycles. The van der Waals surface area contributed by atoms with Crippen LogP contribution < -0.4 is 4.90 Å². The molecule has 5 aromatic heterocycles. The third-order valence-corrected chi connectivity index (χ3v) is 15.9. The van der Waals surface area contributed by atoms with Crippen molar-refractivity contribution in [1.82, 2.24) is 23.7 Å². The minimum absolute atomic E-state index is 0.928. The summed E-state index contributed by atoms with van der Waals surface area (Å²) in [4.78, 5) is 12.6. The zero-order valence-corrected chi connectivity index (χ0v) is 44.5. The summed E-state index contributed by atoms with van der Waals surface area (Å²) in [6.45, 7) is 0. The number of nitrogens with zero attached hydrogens (tertiary/aromatic N) is 6. The van der Waals surface area contributed by atoms with Crippen molar-refractivity contribution in [2.24, 2.45) is 0 Å². The maximum Gasteiger partial charge on any atom is 0.138 e. The lowest BCUT2D eigenvalue weighted by atomic mass is 9.99. The highest BCUT2D eigenvalue weighted by Gasteiger charge is 2.23. The Morgan fingerprint density at radius 2 is 0.753 bits per heavy atom. The number of hydrogen-bond donors (Lipinski definition) is 0. The van der Waals surface area contributed by atoms with Crippen molar-refractivity contribution < 1.29 is 0 Å². The third kappa shape index (κ3) is 8.20. The standard InChI is InChI=1S/C42H31N3.C33H21N3/c1-44(34-26-38(31-18-8-3-9-19-31)43-39(27-34)32-20-10-4-11-21-32)41-29-42-37(28-36(41)30-16-6-2-7-17-30)35-24-14-15-25-40(35)45(42)33-22-12-5-13-23-33;1-2-11-23(12-3-1)35-29-16-8-5-13-24(29)26-19-20-27-25-14-6-9-17-30(25)36(33(27)32(26)35)31-21-18-22-10-4-7-15-28(22)34-31/h2-29H,1H3;1-21H. The number of fused-ring (bicyclic) bond motifs is 11. The van der Waals surface area contributed by atoms with Crippen molar-refractivity contribution in [3.05, 3.63) is 297 Å². The zero-order chi connectivity index (χ0) is 53.8. The van der Waals surface area contributed by atoms with Gasteiger partial charge >= 0.3 is 0 Å². The fraction of sp³-hybridized carbons (Fsp3) is 0.0133. The van der Waals surface area contributed by atoms with Crippen LogP contribution in [-0.4, -0.2) is 30.7 Å². The van der Waals surface area contributed by atoms with E-state index in [9.17, 15) is 0 Å². The summed E-state index contributed by atoms with van der Waals surface area (Å²) in [5.41, 5.74) is 19.0. The normalized spacial score (nSPS) is 11.5. The number of pyridine rings is 2. The predicted octanol–water partition coefficient (Wildman–Crippen LogP) is 19.4. The Morgan fingerprint density at radius 3 is 1.33 bits per heavy atom. The fourth-order valence-electron chi connectivity index (χ4n) is 12.1. The van der Waals surface area contributed by atoms with Crippen LogP contribution in [0.25, 0.3) is 127 Å². The highest BCUT2D eigenvalue weighted by atomic mass is 15.1. The molecule has 382 valence electrons. The maximum absolute atomic E-state index is 5.13. The molecule has 6 nitrogen and oxygen atoms in total. The van der Waals surface area contributed by atoms with E-state index in [1.165, 1.54) is 71.0 Å². The molecule has 0 saturated heterocycles. The van der Waals surface area contributed by atoms with Gasteiger partial charge in [0.05, 0.1) is 55.7 Å². The number of hydrogen-bond acceptors (Lipinski definition) is 3. The smallest absolute Gasteiger partial charge is 0.138 e. The molecule has 0 spiro atoms. The van der Waals surface area contributed by atoms with E-state index in [0.717, 1.165) is 67.5 Å². The van der Waals surface area contributed by atoms with E-state index in [-0.39, 0.29) is 0 Å². The fourth-order valence-corrected chi connectivity index (χ4v) is 12.1. The second-order valence-corrected chi connectivity index (χ2v) is 20.6. The summed E-state index contributed by atoms with van der Waals surface area (Å²) < 4.78 is 7.13. The van der Waals surface area contributed by atoms with Gasteiger partial charge in [0.2, 0.25) is 0 Å². The number of aromatic nitrogens is 5. The largest absolute Gasteiger partial charge is 0.344 e. The molecule has 0 aliphatic heterocycles. The minimum atomic E-state index is 0.928. The van der Waals surface area contributed by atoms with Gasteiger partial charge in [-0.15, -0.1) is 0 Å². The molecule has 0 atom stereocenters. The average molecular weight is 1040 g/mol. The van der Waals surface area contributed by atoms with Gasteiger partial charge in [-0.2, -0.15) is 0 Å². The van der Waals surface area contributed by atoms with Crippen LogP contribution in [0.3, 0.4) is 0 Å².